The van der Waals surface area contributed by atoms with E-state index in [1.807, 2.05) is 31.7 Å². The van der Waals surface area contributed by atoms with E-state index in [0.29, 0.717) is 53.9 Å². The van der Waals surface area contributed by atoms with Crippen molar-refractivity contribution >= 4 is 22.9 Å². The highest BCUT2D eigenvalue weighted by Gasteiger charge is 2.26. The van der Waals surface area contributed by atoms with Crippen molar-refractivity contribution in [2.75, 3.05) is 13.1 Å². The van der Waals surface area contributed by atoms with Crippen molar-refractivity contribution in [3.05, 3.63) is 53.1 Å². The van der Waals surface area contributed by atoms with Crippen LogP contribution in [0.5, 0.6) is 0 Å². The number of carbonyl (C=O) groups is 2. The quantitative estimate of drug-likeness (QED) is 0.713. The minimum absolute atomic E-state index is 0.000287. The zero-order valence-corrected chi connectivity index (χ0v) is 17.4. The van der Waals surface area contributed by atoms with E-state index in [2.05, 4.69) is 20.4 Å². The van der Waals surface area contributed by atoms with Crippen LogP contribution in [-0.2, 0) is 0 Å². The Morgan fingerprint density at radius 1 is 1.20 bits per heavy atom. The van der Waals surface area contributed by atoms with Gasteiger partial charge in [-0.05, 0) is 43.9 Å². The highest BCUT2D eigenvalue weighted by molar-refractivity contribution is 6.06. The van der Waals surface area contributed by atoms with Crippen LogP contribution in [0.2, 0.25) is 0 Å². The van der Waals surface area contributed by atoms with E-state index in [9.17, 15) is 9.59 Å². The van der Waals surface area contributed by atoms with E-state index in [1.165, 1.54) is 0 Å². The molecule has 1 aliphatic heterocycles. The first kappa shape index (κ1) is 20.0. The van der Waals surface area contributed by atoms with Crippen molar-refractivity contribution in [2.45, 2.75) is 45.6 Å². The first-order valence-electron chi connectivity index (χ1n) is 10.2. The lowest BCUT2D eigenvalue weighted by molar-refractivity contribution is 0.0698. The van der Waals surface area contributed by atoms with Crippen molar-refractivity contribution < 1.29 is 14.1 Å². The molecule has 4 heterocycles. The summed E-state index contributed by atoms with van der Waals surface area (Å²) in [5.74, 6) is 0.00277. The molecule has 0 radical (unpaired) electrons. The van der Waals surface area contributed by atoms with Crippen LogP contribution in [-0.4, -0.2) is 51.0 Å². The Hall–Kier alpha value is -3.29. The Bertz CT molecular complexity index is 1070. The number of fused-ring (bicyclic) bond motifs is 1. The zero-order valence-electron chi connectivity index (χ0n) is 17.4. The van der Waals surface area contributed by atoms with Gasteiger partial charge in [0, 0.05) is 42.8 Å². The van der Waals surface area contributed by atoms with Gasteiger partial charge in [0.05, 0.1) is 16.6 Å². The number of carbonyl (C=O) groups excluding carboxylic acids is 2. The fourth-order valence-electron chi connectivity index (χ4n) is 3.76. The molecule has 0 aromatic carbocycles. The van der Waals surface area contributed by atoms with Gasteiger partial charge >= 0.3 is 0 Å². The molecule has 2 amide bonds. The fourth-order valence-corrected chi connectivity index (χ4v) is 3.76. The van der Waals surface area contributed by atoms with Crippen molar-refractivity contribution in [3.8, 4) is 0 Å². The normalized spacial score (nSPS) is 15.0. The number of nitrogens with one attached hydrogen (secondary N) is 1. The number of rotatable bonds is 4. The van der Waals surface area contributed by atoms with Gasteiger partial charge < -0.3 is 14.7 Å². The van der Waals surface area contributed by atoms with Gasteiger partial charge in [-0.2, -0.15) is 0 Å². The Balaban J connectivity index is 1.45. The lowest BCUT2D eigenvalue weighted by atomic mass is 10.0. The van der Waals surface area contributed by atoms with Crippen LogP contribution in [0, 0.1) is 6.92 Å². The third-order valence-electron chi connectivity index (χ3n) is 5.52. The van der Waals surface area contributed by atoms with Gasteiger partial charge in [0.15, 0.2) is 0 Å². The van der Waals surface area contributed by atoms with Crippen molar-refractivity contribution in [3.63, 3.8) is 0 Å². The summed E-state index contributed by atoms with van der Waals surface area (Å²) >= 11 is 0. The third kappa shape index (κ3) is 3.90. The molecule has 1 N–H and O–H groups in total. The predicted molar refractivity (Wildman–Crippen MR) is 111 cm³/mol. The van der Waals surface area contributed by atoms with E-state index >= 15 is 0 Å². The summed E-state index contributed by atoms with van der Waals surface area (Å²) in [4.78, 5) is 35.9. The molecule has 0 aliphatic carbocycles. The molecule has 8 heteroatoms. The largest absolute Gasteiger partial charge is 0.349 e. The zero-order chi connectivity index (χ0) is 21.3. The molecule has 1 aliphatic rings. The van der Waals surface area contributed by atoms with Crippen LogP contribution in [0.4, 0.5) is 0 Å². The van der Waals surface area contributed by atoms with Gasteiger partial charge in [0.1, 0.15) is 0 Å². The maximum absolute atomic E-state index is 13.1. The number of hydrogen-bond acceptors (Lipinski definition) is 6. The van der Waals surface area contributed by atoms with E-state index in [0.717, 1.165) is 5.69 Å². The average molecular weight is 407 g/mol. The number of pyridine rings is 2. The molecular weight excluding hydrogens is 382 g/mol. The van der Waals surface area contributed by atoms with E-state index in [4.69, 9.17) is 4.52 Å². The lowest BCUT2D eigenvalue weighted by Crippen LogP contribution is -2.46. The monoisotopic (exact) mass is 407 g/mol. The van der Waals surface area contributed by atoms with Crippen LogP contribution in [0.15, 0.2) is 35.1 Å². The second-order valence-electron chi connectivity index (χ2n) is 7.97. The van der Waals surface area contributed by atoms with Gasteiger partial charge in [-0.1, -0.05) is 19.0 Å². The topological polar surface area (TPSA) is 101 Å². The first-order valence-corrected chi connectivity index (χ1v) is 10.2. The number of likely N-dealkylation sites (tertiary alicyclic amines) is 1. The average Bonchev–Trinajstić information content (AvgIpc) is 3.14. The Morgan fingerprint density at radius 2 is 1.90 bits per heavy atom. The number of hydrogen-bond donors (Lipinski definition) is 1. The Kier molecular flexibility index (Phi) is 5.48. The SMILES string of the molecule is Cc1noc2nc(C(C)C)cc(C(=O)NC3CCN(C(=O)c4ccncc4)CC3)c12. The van der Waals surface area contributed by atoms with E-state index in [-0.39, 0.29) is 23.8 Å². The molecule has 0 saturated carbocycles. The number of amides is 2. The summed E-state index contributed by atoms with van der Waals surface area (Å²) in [5.41, 5.74) is 3.01. The molecule has 3 aromatic rings. The molecule has 1 saturated heterocycles. The van der Waals surface area contributed by atoms with Crippen LogP contribution in [0.3, 0.4) is 0 Å². The molecule has 0 unspecified atom stereocenters. The highest BCUT2D eigenvalue weighted by Crippen LogP contribution is 2.25. The molecular formula is C22H25N5O3. The number of piperidine rings is 1. The Labute approximate surface area is 174 Å². The van der Waals surface area contributed by atoms with Gasteiger partial charge in [0.25, 0.3) is 17.5 Å². The van der Waals surface area contributed by atoms with Crippen LogP contribution in [0.25, 0.3) is 11.1 Å². The molecule has 3 aromatic heterocycles. The third-order valence-corrected chi connectivity index (χ3v) is 5.52. The van der Waals surface area contributed by atoms with Gasteiger partial charge in [-0.15, -0.1) is 0 Å². The summed E-state index contributed by atoms with van der Waals surface area (Å²) in [6.07, 6.45) is 4.65. The molecule has 0 spiro atoms. The van der Waals surface area contributed by atoms with Crippen LogP contribution < -0.4 is 5.32 Å². The molecule has 1 fully saturated rings. The van der Waals surface area contributed by atoms with Crippen molar-refractivity contribution in [2.24, 2.45) is 0 Å². The maximum atomic E-state index is 13.1. The minimum atomic E-state index is -0.158. The fraction of sp³-hybridized carbons (Fsp3) is 0.409. The molecule has 8 nitrogen and oxygen atoms in total. The summed E-state index contributed by atoms with van der Waals surface area (Å²) in [6, 6.07) is 5.27. The summed E-state index contributed by atoms with van der Waals surface area (Å²) in [7, 11) is 0. The molecule has 0 bridgehead atoms. The highest BCUT2D eigenvalue weighted by atomic mass is 16.5. The van der Waals surface area contributed by atoms with Gasteiger partial charge in [-0.3, -0.25) is 14.6 Å². The molecule has 30 heavy (non-hydrogen) atoms. The number of aromatic nitrogens is 3. The standard InChI is InChI=1S/C22H25N5O3/c1-13(2)18-12-17(19-14(3)26-30-21(19)25-18)20(28)24-16-6-10-27(11-7-16)22(29)15-4-8-23-9-5-15/h4-5,8-9,12-13,16H,6-7,10-11H2,1-3H3,(H,24,28). The molecule has 4 rings (SSSR count). The van der Waals surface area contributed by atoms with Gasteiger partial charge in [0.2, 0.25) is 0 Å². The Morgan fingerprint density at radius 3 is 2.57 bits per heavy atom. The smallest absolute Gasteiger partial charge is 0.259 e. The van der Waals surface area contributed by atoms with Gasteiger partial charge in [-0.25, -0.2) is 4.98 Å². The molecule has 156 valence electrons. The van der Waals surface area contributed by atoms with Crippen LogP contribution in [0.1, 0.15) is 64.7 Å². The number of aryl methyl sites for hydroxylation is 1. The molecule has 0 atom stereocenters. The van der Waals surface area contributed by atoms with E-state index < -0.39 is 0 Å². The van der Waals surface area contributed by atoms with Crippen molar-refractivity contribution in [1.82, 2.24) is 25.3 Å². The summed E-state index contributed by atoms with van der Waals surface area (Å²) in [5, 5.41) is 7.76. The second-order valence-corrected chi connectivity index (χ2v) is 7.97. The first-order chi connectivity index (χ1) is 14.4. The maximum Gasteiger partial charge on any atom is 0.259 e. The van der Waals surface area contributed by atoms with Crippen molar-refractivity contribution in [1.29, 1.82) is 0 Å². The summed E-state index contributed by atoms with van der Waals surface area (Å²) in [6.45, 7) is 7.05. The van der Waals surface area contributed by atoms with Crippen LogP contribution >= 0.6 is 0 Å². The van der Waals surface area contributed by atoms with E-state index in [1.54, 1.807) is 24.5 Å². The second kappa shape index (κ2) is 8.22. The minimum Gasteiger partial charge on any atom is -0.349 e. The lowest BCUT2D eigenvalue weighted by Gasteiger charge is -2.32. The predicted octanol–water partition coefficient (Wildman–Crippen LogP) is 3.08. The number of nitrogens with zero attached hydrogens (tertiary/aromatic N) is 4. The summed E-state index contributed by atoms with van der Waals surface area (Å²) < 4.78 is 5.31.